The first kappa shape index (κ1) is 15.5. The molecule has 0 amide bonds. The molecule has 1 aromatic heterocycles. The zero-order valence-corrected chi connectivity index (χ0v) is 14.1. The third-order valence-electron chi connectivity index (χ3n) is 4.83. The number of fused-ring (bicyclic) bond motifs is 1. The summed E-state index contributed by atoms with van der Waals surface area (Å²) in [6.07, 6.45) is 7.76. The van der Waals surface area contributed by atoms with Crippen molar-refractivity contribution in [1.82, 2.24) is 14.9 Å². The highest BCUT2D eigenvalue weighted by molar-refractivity contribution is 5.77. The Morgan fingerprint density at radius 2 is 2.18 bits per heavy atom. The summed E-state index contributed by atoms with van der Waals surface area (Å²) in [4.78, 5) is 5.02. The molecule has 1 unspecified atom stereocenters. The van der Waals surface area contributed by atoms with E-state index in [0.717, 1.165) is 19.6 Å². The van der Waals surface area contributed by atoms with E-state index < -0.39 is 0 Å². The van der Waals surface area contributed by atoms with Crippen molar-refractivity contribution < 1.29 is 0 Å². The Hall–Kier alpha value is -1.35. The van der Waals surface area contributed by atoms with Gasteiger partial charge in [0.25, 0.3) is 0 Å². The molecule has 120 valence electrons. The van der Waals surface area contributed by atoms with Crippen molar-refractivity contribution in [2.75, 3.05) is 13.1 Å². The van der Waals surface area contributed by atoms with Gasteiger partial charge in [0.1, 0.15) is 5.82 Å². The topological polar surface area (TPSA) is 29.9 Å². The molecule has 1 aliphatic rings. The van der Waals surface area contributed by atoms with E-state index in [9.17, 15) is 0 Å². The summed E-state index contributed by atoms with van der Waals surface area (Å²) in [7, 11) is 0. The average molecular weight is 299 g/mol. The number of benzene rings is 1. The number of nitrogens with one attached hydrogen (secondary N) is 1. The number of aryl methyl sites for hydroxylation is 2. The van der Waals surface area contributed by atoms with E-state index in [0.29, 0.717) is 5.92 Å². The van der Waals surface area contributed by atoms with Gasteiger partial charge in [-0.3, -0.25) is 0 Å². The van der Waals surface area contributed by atoms with Crippen molar-refractivity contribution in [3.63, 3.8) is 0 Å². The summed E-state index contributed by atoms with van der Waals surface area (Å²) in [6.45, 7) is 7.78. The molecule has 2 aromatic rings. The normalized spacial score (nSPS) is 18.9. The lowest BCUT2D eigenvalue weighted by molar-refractivity contribution is 0.430. The van der Waals surface area contributed by atoms with E-state index in [1.165, 1.54) is 60.9 Å². The molecular formula is C19H29N3. The summed E-state index contributed by atoms with van der Waals surface area (Å²) in [5.41, 5.74) is 3.80. The number of hydrogen-bond donors (Lipinski definition) is 1. The fourth-order valence-corrected chi connectivity index (χ4v) is 3.57. The first-order chi connectivity index (χ1) is 10.8. The first-order valence-electron chi connectivity index (χ1n) is 8.97. The molecule has 2 heterocycles. The minimum atomic E-state index is 0.577. The molecule has 1 aliphatic heterocycles. The highest BCUT2D eigenvalue weighted by Gasteiger charge is 2.22. The van der Waals surface area contributed by atoms with E-state index in [4.69, 9.17) is 4.98 Å². The van der Waals surface area contributed by atoms with Crippen molar-refractivity contribution in [1.29, 1.82) is 0 Å². The van der Waals surface area contributed by atoms with Gasteiger partial charge < -0.3 is 9.88 Å². The molecule has 1 N–H and O–H groups in total. The Bertz CT molecular complexity index is 608. The standard InChI is InChI=1S/C19H29N3/c1-3-4-5-6-12-22-18-10-9-15(2)13-17(18)21-19(22)16-8-7-11-20-14-16/h9-10,13,16,20H,3-8,11-12,14H2,1-2H3. The number of nitrogens with zero attached hydrogens (tertiary/aromatic N) is 2. The van der Waals surface area contributed by atoms with Crippen LogP contribution in [0.5, 0.6) is 0 Å². The maximum atomic E-state index is 5.02. The molecular weight excluding hydrogens is 270 g/mol. The highest BCUT2D eigenvalue weighted by atomic mass is 15.1. The van der Waals surface area contributed by atoms with Crippen LogP contribution in [0.15, 0.2) is 18.2 Å². The van der Waals surface area contributed by atoms with Crippen LogP contribution in [0.1, 0.15) is 62.8 Å². The zero-order valence-electron chi connectivity index (χ0n) is 14.1. The lowest BCUT2D eigenvalue weighted by atomic mass is 9.99. The Kier molecular flexibility index (Phi) is 5.14. The number of imidazole rings is 1. The minimum Gasteiger partial charge on any atom is -0.328 e. The van der Waals surface area contributed by atoms with E-state index in [1.54, 1.807) is 0 Å². The average Bonchev–Trinajstić information content (AvgIpc) is 2.90. The summed E-state index contributed by atoms with van der Waals surface area (Å²) in [5, 5.41) is 3.54. The van der Waals surface area contributed by atoms with Crippen LogP contribution >= 0.6 is 0 Å². The molecule has 3 nitrogen and oxygen atoms in total. The zero-order chi connectivity index (χ0) is 15.4. The van der Waals surface area contributed by atoms with Gasteiger partial charge >= 0.3 is 0 Å². The predicted molar refractivity (Wildman–Crippen MR) is 93.5 cm³/mol. The second-order valence-electron chi connectivity index (χ2n) is 6.72. The molecule has 22 heavy (non-hydrogen) atoms. The Balaban J connectivity index is 1.89. The molecule has 3 heteroatoms. The van der Waals surface area contributed by atoms with Gasteiger partial charge in [0.15, 0.2) is 0 Å². The molecule has 1 fully saturated rings. The maximum absolute atomic E-state index is 5.02. The van der Waals surface area contributed by atoms with Crippen LogP contribution in [-0.2, 0) is 6.54 Å². The molecule has 1 atom stereocenters. The number of rotatable bonds is 6. The monoisotopic (exact) mass is 299 g/mol. The molecule has 0 aliphatic carbocycles. The van der Waals surface area contributed by atoms with Crippen LogP contribution in [0.3, 0.4) is 0 Å². The fraction of sp³-hybridized carbons (Fsp3) is 0.632. The fourth-order valence-electron chi connectivity index (χ4n) is 3.57. The molecule has 0 spiro atoms. The highest BCUT2D eigenvalue weighted by Crippen LogP contribution is 2.27. The summed E-state index contributed by atoms with van der Waals surface area (Å²) in [5.74, 6) is 1.89. The lowest BCUT2D eigenvalue weighted by Crippen LogP contribution is -2.30. The predicted octanol–water partition coefficient (Wildman–Crippen LogP) is 4.39. The molecule has 3 rings (SSSR count). The van der Waals surface area contributed by atoms with Crippen molar-refractivity contribution in [3.8, 4) is 0 Å². The Morgan fingerprint density at radius 3 is 2.95 bits per heavy atom. The van der Waals surface area contributed by atoms with Crippen molar-refractivity contribution in [2.45, 2.75) is 64.8 Å². The van der Waals surface area contributed by atoms with Crippen LogP contribution in [-0.4, -0.2) is 22.6 Å². The van der Waals surface area contributed by atoms with Crippen LogP contribution < -0.4 is 5.32 Å². The lowest BCUT2D eigenvalue weighted by Gasteiger charge is -2.23. The van der Waals surface area contributed by atoms with Gasteiger partial charge in [0.05, 0.1) is 11.0 Å². The van der Waals surface area contributed by atoms with Crippen molar-refractivity contribution >= 4 is 11.0 Å². The third kappa shape index (κ3) is 3.35. The van der Waals surface area contributed by atoms with Crippen LogP contribution in [0.2, 0.25) is 0 Å². The van der Waals surface area contributed by atoms with Crippen LogP contribution in [0, 0.1) is 6.92 Å². The molecule has 0 radical (unpaired) electrons. The van der Waals surface area contributed by atoms with E-state index in [1.807, 2.05) is 0 Å². The van der Waals surface area contributed by atoms with Gasteiger partial charge in [-0.25, -0.2) is 4.98 Å². The molecule has 0 saturated carbocycles. The summed E-state index contributed by atoms with van der Waals surface area (Å²) in [6, 6.07) is 6.71. The number of unbranched alkanes of at least 4 members (excludes halogenated alkanes) is 3. The second-order valence-corrected chi connectivity index (χ2v) is 6.72. The number of aromatic nitrogens is 2. The van der Waals surface area contributed by atoms with E-state index in [2.05, 4.69) is 41.9 Å². The maximum Gasteiger partial charge on any atom is 0.114 e. The second kappa shape index (κ2) is 7.28. The van der Waals surface area contributed by atoms with Gasteiger partial charge in [0, 0.05) is 19.0 Å². The molecule has 0 bridgehead atoms. The van der Waals surface area contributed by atoms with Crippen molar-refractivity contribution in [2.24, 2.45) is 0 Å². The summed E-state index contributed by atoms with van der Waals surface area (Å²) >= 11 is 0. The molecule has 1 saturated heterocycles. The van der Waals surface area contributed by atoms with Crippen LogP contribution in [0.4, 0.5) is 0 Å². The van der Waals surface area contributed by atoms with Gasteiger partial charge in [-0.15, -0.1) is 0 Å². The minimum absolute atomic E-state index is 0.577. The van der Waals surface area contributed by atoms with E-state index in [-0.39, 0.29) is 0 Å². The van der Waals surface area contributed by atoms with Gasteiger partial charge in [-0.2, -0.15) is 0 Å². The number of hydrogen-bond acceptors (Lipinski definition) is 2. The third-order valence-corrected chi connectivity index (χ3v) is 4.83. The molecule has 1 aromatic carbocycles. The Labute approximate surface area is 134 Å². The van der Waals surface area contributed by atoms with Gasteiger partial charge in [0.2, 0.25) is 0 Å². The SMILES string of the molecule is CCCCCCn1c(C2CCCNC2)nc2cc(C)ccc21. The van der Waals surface area contributed by atoms with Gasteiger partial charge in [-0.05, 0) is 50.4 Å². The van der Waals surface area contributed by atoms with E-state index >= 15 is 0 Å². The quantitative estimate of drug-likeness (QED) is 0.802. The van der Waals surface area contributed by atoms with Gasteiger partial charge in [-0.1, -0.05) is 32.3 Å². The Morgan fingerprint density at radius 1 is 1.27 bits per heavy atom. The first-order valence-corrected chi connectivity index (χ1v) is 8.97. The van der Waals surface area contributed by atoms with Crippen LogP contribution in [0.25, 0.3) is 11.0 Å². The smallest absolute Gasteiger partial charge is 0.114 e. The largest absolute Gasteiger partial charge is 0.328 e. The van der Waals surface area contributed by atoms with Crippen molar-refractivity contribution in [3.05, 3.63) is 29.6 Å². The summed E-state index contributed by atoms with van der Waals surface area (Å²) < 4.78 is 2.50. The number of piperidine rings is 1.